The van der Waals surface area contributed by atoms with E-state index in [9.17, 15) is 18.0 Å². The van der Waals surface area contributed by atoms with E-state index in [0.717, 1.165) is 17.7 Å². The predicted molar refractivity (Wildman–Crippen MR) is 102 cm³/mol. The minimum Gasteiger partial charge on any atom is -0.322 e. The van der Waals surface area contributed by atoms with E-state index in [1.165, 1.54) is 10.7 Å². The Hall–Kier alpha value is -2.51. The number of amides is 1. The average molecular weight is 428 g/mol. The van der Waals surface area contributed by atoms with Crippen molar-refractivity contribution in [3.05, 3.63) is 81.1 Å². The summed E-state index contributed by atoms with van der Waals surface area (Å²) in [5, 5.41) is 6.34. The summed E-state index contributed by atoms with van der Waals surface area (Å²) in [6.45, 7) is 1.96. The van der Waals surface area contributed by atoms with Gasteiger partial charge >= 0.3 is 6.18 Å². The number of benzene rings is 2. The predicted octanol–water partition coefficient (Wildman–Crippen LogP) is 5.82. The summed E-state index contributed by atoms with van der Waals surface area (Å²) >= 11 is 11.9. The highest BCUT2D eigenvalue weighted by Crippen LogP contribution is 2.36. The lowest BCUT2D eigenvalue weighted by molar-refractivity contribution is -0.137. The van der Waals surface area contributed by atoms with Crippen LogP contribution in [0.2, 0.25) is 10.2 Å². The van der Waals surface area contributed by atoms with E-state index in [4.69, 9.17) is 23.2 Å². The van der Waals surface area contributed by atoms with E-state index in [1.807, 2.05) is 30.3 Å². The van der Waals surface area contributed by atoms with Crippen LogP contribution in [0.5, 0.6) is 0 Å². The molecule has 1 N–H and O–H groups in total. The van der Waals surface area contributed by atoms with Gasteiger partial charge in [0.25, 0.3) is 5.91 Å². The Kier molecular flexibility index (Phi) is 5.67. The van der Waals surface area contributed by atoms with Gasteiger partial charge in [-0.1, -0.05) is 53.5 Å². The molecule has 28 heavy (non-hydrogen) atoms. The number of nitrogens with one attached hydrogen (secondary N) is 1. The van der Waals surface area contributed by atoms with Crippen molar-refractivity contribution < 1.29 is 18.0 Å². The molecule has 9 heteroatoms. The largest absolute Gasteiger partial charge is 0.417 e. The molecule has 2 aromatic carbocycles. The molecular weight excluding hydrogens is 414 g/mol. The van der Waals surface area contributed by atoms with Crippen molar-refractivity contribution in [1.29, 1.82) is 0 Å². The van der Waals surface area contributed by atoms with Crippen molar-refractivity contribution >= 4 is 34.8 Å². The maximum atomic E-state index is 13.0. The first-order valence-electron chi connectivity index (χ1n) is 8.11. The number of hydrogen-bond donors (Lipinski definition) is 1. The van der Waals surface area contributed by atoms with E-state index < -0.39 is 22.7 Å². The maximum absolute atomic E-state index is 13.0. The first-order chi connectivity index (χ1) is 13.2. The van der Waals surface area contributed by atoms with Crippen LogP contribution in [0.1, 0.15) is 27.2 Å². The zero-order valence-corrected chi connectivity index (χ0v) is 16.0. The number of halogens is 5. The summed E-state index contributed by atoms with van der Waals surface area (Å²) in [5.41, 5.74) is 0.318. The second-order valence-electron chi connectivity index (χ2n) is 6.04. The fraction of sp³-hybridized carbons (Fsp3) is 0.158. The Morgan fingerprint density at radius 1 is 1.14 bits per heavy atom. The van der Waals surface area contributed by atoms with Gasteiger partial charge in [0.15, 0.2) is 0 Å². The van der Waals surface area contributed by atoms with Crippen molar-refractivity contribution in [2.75, 3.05) is 5.32 Å². The number of nitrogens with zero attached hydrogens (tertiary/aromatic N) is 2. The van der Waals surface area contributed by atoms with E-state index in [1.54, 1.807) is 6.92 Å². The van der Waals surface area contributed by atoms with E-state index in [-0.39, 0.29) is 16.4 Å². The molecule has 0 aliphatic rings. The number of anilines is 1. The normalized spacial score (nSPS) is 11.5. The number of rotatable bonds is 4. The highest BCUT2D eigenvalue weighted by atomic mass is 35.5. The van der Waals surface area contributed by atoms with E-state index in [0.29, 0.717) is 12.2 Å². The second-order valence-corrected chi connectivity index (χ2v) is 6.81. The van der Waals surface area contributed by atoms with E-state index in [2.05, 4.69) is 10.4 Å². The molecule has 3 rings (SSSR count). The van der Waals surface area contributed by atoms with Crippen molar-refractivity contribution in [1.82, 2.24) is 9.78 Å². The average Bonchev–Trinajstić information content (AvgIpc) is 2.90. The summed E-state index contributed by atoms with van der Waals surface area (Å²) in [6.07, 6.45) is -4.63. The zero-order chi connectivity index (χ0) is 20.5. The lowest BCUT2D eigenvalue weighted by Crippen LogP contribution is -2.14. The molecule has 0 radical (unpaired) electrons. The molecule has 146 valence electrons. The topological polar surface area (TPSA) is 46.9 Å². The molecule has 0 unspecified atom stereocenters. The molecule has 1 amide bonds. The minimum absolute atomic E-state index is 0.0481. The lowest BCUT2D eigenvalue weighted by atomic mass is 10.1. The van der Waals surface area contributed by atoms with Crippen LogP contribution in [0.25, 0.3) is 0 Å². The Morgan fingerprint density at radius 3 is 2.46 bits per heavy atom. The lowest BCUT2D eigenvalue weighted by Gasteiger charge is -2.12. The Bertz CT molecular complexity index is 1020. The van der Waals surface area contributed by atoms with Crippen LogP contribution in [-0.2, 0) is 12.7 Å². The molecule has 0 aliphatic carbocycles. The SMILES string of the molecule is Cc1nn(Cc2ccccc2)c(Cl)c1C(=O)Nc1ccc(Cl)c(C(F)(F)F)c1. The molecule has 0 fully saturated rings. The van der Waals surface area contributed by atoms with Gasteiger partial charge in [0.1, 0.15) is 5.15 Å². The van der Waals surface area contributed by atoms with Crippen molar-refractivity contribution in [2.45, 2.75) is 19.6 Å². The Morgan fingerprint density at radius 2 is 1.82 bits per heavy atom. The van der Waals surface area contributed by atoms with Crippen LogP contribution < -0.4 is 5.32 Å². The highest BCUT2D eigenvalue weighted by molar-refractivity contribution is 6.34. The fourth-order valence-electron chi connectivity index (χ4n) is 2.69. The minimum atomic E-state index is -4.63. The molecule has 1 heterocycles. The highest BCUT2D eigenvalue weighted by Gasteiger charge is 2.33. The quantitative estimate of drug-likeness (QED) is 0.570. The summed E-state index contributed by atoms with van der Waals surface area (Å²) < 4.78 is 40.5. The molecule has 0 aliphatic heterocycles. The third-order valence-corrected chi connectivity index (χ3v) is 4.71. The van der Waals surface area contributed by atoms with Crippen LogP contribution in [-0.4, -0.2) is 15.7 Å². The van der Waals surface area contributed by atoms with Crippen LogP contribution >= 0.6 is 23.2 Å². The molecule has 3 aromatic rings. The van der Waals surface area contributed by atoms with Crippen LogP contribution in [0.3, 0.4) is 0 Å². The second kappa shape index (κ2) is 7.85. The van der Waals surface area contributed by atoms with Crippen molar-refractivity contribution in [2.24, 2.45) is 0 Å². The Balaban J connectivity index is 1.86. The third-order valence-electron chi connectivity index (χ3n) is 4.00. The summed E-state index contributed by atoms with van der Waals surface area (Å²) in [7, 11) is 0. The molecule has 0 bridgehead atoms. The van der Waals surface area contributed by atoms with Gasteiger partial charge in [-0.2, -0.15) is 18.3 Å². The molecule has 0 saturated carbocycles. The van der Waals surface area contributed by atoms with Gasteiger partial charge in [0.2, 0.25) is 0 Å². The zero-order valence-electron chi connectivity index (χ0n) is 14.5. The van der Waals surface area contributed by atoms with Crippen LogP contribution in [0.4, 0.5) is 18.9 Å². The van der Waals surface area contributed by atoms with Crippen molar-refractivity contribution in [3.63, 3.8) is 0 Å². The number of carbonyl (C=O) groups is 1. The monoisotopic (exact) mass is 427 g/mol. The third kappa shape index (κ3) is 4.31. The van der Waals surface area contributed by atoms with Gasteiger partial charge in [0.05, 0.1) is 28.4 Å². The van der Waals surface area contributed by atoms with E-state index >= 15 is 0 Å². The van der Waals surface area contributed by atoms with Crippen LogP contribution in [0, 0.1) is 6.92 Å². The van der Waals surface area contributed by atoms with Gasteiger partial charge in [0, 0.05) is 5.69 Å². The summed E-state index contributed by atoms with van der Waals surface area (Å²) in [5.74, 6) is -0.655. The van der Waals surface area contributed by atoms with Gasteiger partial charge in [-0.05, 0) is 30.7 Å². The number of carbonyl (C=O) groups excluding carboxylic acids is 1. The fourth-order valence-corrected chi connectivity index (χ4v) is 3.23. The number of hydrogen-bond acceptors (Lipinski definition) is 2. The summed E-state index contributed by atoms with van der Waals surface area (Å²) in [6, 6.07) is 12.5. The molecule has 0 saturated heterocycles. The number of aryl methyl sites for hydroxylation is 1. The number of aromatic nitrogens is 2. The van der Waals surface area contributed by atoms with Gasteiger partial charge < -0.3 is 5.32 Å². The van der Waals surface area contributed by atoms with Crippen LogP contribution in [0.15, 0.2) is 48.5 Å². The first-order valence-corrected chi connectivity index (χ1v) is 8.87. The smallest absolute Gasteiger partial charge is 0.322 e. The molecular formula is C19H14Cl2F3N3O. The number of alkyl halides is 3. The molecule has 0 atom stereocenters. The maximum Gasteiger partial charge on any atom is 0.417 e. The molecule has 1 aromatic heterocycles. The molecule has 0 spiro atoms. The van der Waals surface area contributed by atoms with Gasteiger partial charge in [-0.25, -0.2) is 4.68 Å². The first kappa shape index (κ1) is 20.2. The van der Waals surface area contributed by atoms with Gasteiger partial charge in [-0.3, -0.25) is 4.79 Å². The Labute approximate surface area is 168 Å². The van der Waals surface area contributed by atoms with Crippen molar-refractivity contribution in [3.8, 4) is 0 Å². The van der Waals surface area contributed by atoms with Gasteiger partial charge in [-0.15, -0.1) is 0 Å². The standard InChI is InChI=1S/C19H14Cl2F3N3O/c1-11-16(17(21)27(26-11)10-12-5-3-2-4-6-12)18(28)25-13-7-8-15(20)14(9-13)19(22,23)24/h2-9H,10H2,1H3,(H,25,28). The summed E-state index contributed by atoms with van der Waals surface area (Å²) in [4.78, 5) is 12.6. The molecule has 4 nitrogen and oxygen atoms in total.